The summed E-state index contributed by atoms with van der Waals surface area (Å²) in [4.78, 5) is 25.1. The summed E-state index contributed by atoms with van der Waals surface area (Å²) in [5, 5.41) is 12.1. The van der Waals surface area contributed by atoms with Crippen LogP contribution in [0.3, 0.4) is 0 Å². The molecule has 21 heavy (non-hydrogen) atoms. The second-order valence-electron chi connectivity index (χ2n) is 5.63. The van der Waals surface area contributed by atoms with Crippen molar-refractivity contribution >= 4 is 23.3 Å². The van der Waals surface area contributed by atoms with Crippen molar-refractivity contribution in [2.45, 2.75) is 33.1 Å². The van der Waals surface area contributed by atoms with E-state index in [0.717, 1.165) is 25.2 Å². The molecule has 1 fully saturated rings. The summed E-state index contributed by atoms with van der Waals surface area (Å²) in [6.45, 7) is 5.70. The zero-order valence-corrected chi connectivity index (χ0v) is 12.6. The lowest BCUT2D eigenvalue weighted by Crippen LogP contribution is -2.35. The van der Waals surface area contributed by atoms with Gasteiger partial charge in [-0.3, -0.25) is 4.79 Å². The van der Waals surface area contributed by atoms with Crippen molar-refractivity contribution < 1.29 is 14.7 Å². The summed E-state index contributed by atoms with van der Waals surface area (Å²) in [7, 11) is 0. The standard InChI is InChI=1S/C16H22N2O3/c1-3-15(19)17-12-6-7-14(13(9-12)16(20)21)18-8-4-5-11(2)10-18/h6-7,9,11H,3-5,8,10H2,1-2H3,(H,17,19)(H,20,21). The smallest absolute Gasteiger partial charge is 0.337 e. The van der Waals surface area contributed by atoms with Crippen LogP contribution in [0.15, 0.2) is 18.2 Å². The number of carboxylic acid groups (broad SMARTS) is 1. The molecule has 0 bridgehead atoms. The summed E-state index contributed by atoms with van der Waals surface area (Å²) in [6.07, 6.45) is 2.63. The predicted molar refractivity (Wildman–Crippen MR) is 82.9 cm³/mol. The van der Waals surface area contributed by atoms with Crippen molar-refractivity contribution in [3.05, 3.63) is 23.8 Å². The number of hydrogen-bond acceptors (Lipinski definition) is 3. The largest absolute Gasteiger partial charge is 0.478 e. The third kappa shape index (κ3) is 3.74. The first-order chi connectivity index (χ1) is 10.0. The Morgan fingerprint density at radius 1 is 1.43 bits per heavy atom. The topological polar surface area (TPSA) is 69.6 Å². The molecule has 1 unspecified atom stereocenters. The fourth-order valence-electron chi connectivity index (χ4n) is 2.72. The van der Waals surface area contributed by atoms with E-state index < -0.39 is 5.97 Å². The van der Waals surface area contributed by atoms with Gasteiger partial charge >= 0.3 is 5.97 Å². The number of hydrogen-bond donors (Lipinski definition) is 2. The third-order valence-corrected chi connectivity index (χ3v) is 3.83. The lowest BCUT2D eigenvalue weighted by Gasteiger charge is -2.33. The molecule has 0 radical (unpaired) electrons. The molecule has 1 saturated heterocycles. The molecule has 1 aromatic rings. The normalized spacial score (nSPS) is 18.4. The van der Waals surface area contributed by atoms with Crippen molar-refractivity contribution in [2.75, 3.05) is 23.3 Å². The quantitative estimate of drug-likeness (QED) is 0.894. The number of nitrogens with zero attached hydrogens (tertiary/aromatic N) is 1. The van der Waals surface area contributed by atoms with E-state index >= 15 is 0 Å². The van der Waals surface area contributed by atoms with Crippen LogP contribution in [0.5, 0.6) is 0 Å². The molecule has 114 valence electrons. The van der Waals surface area contributed by atoms with Crippen molar-refractivity contribution in [1.82, 2.24) is 0 Å². The number of carbonyl (C=O) groups excluding carboxylic acids is 1. The lowest BCUT2D eigenvalue weighted by molar-refractivity contribution is -0.115. The van der Waals surface area contributed by atoms with E-state index in [2.05, 4.69) is 17.1 Å². The fraction of sp³-hybridized carbons (Fsp3) is 0.500. The Balaban J connectivity index is 2.28. The average Bonchev–Trinajstić information content (AvgIpc) is 2.47. The average molecular weight is 290 g/mol. The molecule has 1 atom stereocenters. The molecule has 5 nitrogen and oxygen atoms in total. The first-order valence-electron chi connectivity index (χ1n) is 7.43. The van der Waals surface area contributed by atoms with Gasteiger partial charge in [0, 0.05) is 25.2 Å². The van der Waals surface area contributed by atoms with Gasteiger partial charge in [-0.05, 0) is 37.0 Å². The van der Waals surface area contributed by atoms with Crippen molar-refractivity contribution in [3.63, 3.8) is 0 Å². The highest BCUT2D eigenvalue weighted by molar-refractivity contribution is 5.98. The van der Waals surface area contributed by atoms with E-state index in [0.29, 0.717) is 18.0 Å². The second kappa shape index (κ2) is 6.61. The van der Waals surface area contributed by atoms with Gasteiger partial charge in [0.2, 0.25) is 5.91 Å². The molecule has 1 amide bonds. The minimum atomic E-state index is -0.962. The summed E-state index contributed by atoms with van der Waals surface area (Å²) in [6, 6.07) is 5.12. The number of rotatable bonds is 4. The van der Waals surface area contributed by atoms with E-state index in [1.54, 1.807) is 25.1 Å². The fourth-order valence-corrected chi connectivity index (χ4v) is 2.72. The zero-order valence-electron chi connectivity index (χ0n) is 12.6. The van der Waals surface area contributed by atoms with Gasteiger partial charge in [-0.25, -0.2) is 4.79 Å². The van der Waals surface area contributed by atoms with E-state index in [1.165, 1.54) is 6.42 Å². The van der Waals surface area contributed by atoms with Gasteiger partial charge in [0.05, 0.1) is 11.3 Å². The van der Waals surface area contributed by atoms with Crippen molar-refractivity contribution in [3.8, 4) is 0 Å². The monoisotopic (exact) mass is 290 g/mol. The molecule has 1 aliphatic rings. The number of anilines is 2. The minimum absolute atomic E-state index is 0.120. The number of nitrogens with one attached hydrogen (secondary N) is 1. The Morgan fingerprint density at radius 2 is 2.19 bits per heavy atom. The molecule has 1 aromatic carbocycles. The van der Waals surface area contributed by atoms with Gasteiger partial charge in [0.1, 0.15) is 0 Å². The molecule has 0 aliphatic carbocycles. The molecule has 1 aliphatic heterocycles. The van der Waals surface area contributed by atoms with E-state index in [-0.39, 0.29) is 11.5 Å². The van der Waals surface area contributed by atoms with Gasteiger partial charge < -0.3 is 15.3 Å². The Hall–Kier alpha value is -2.04. The molecular weight excluding hydrogens is 268 g/mol. The Labute approximate surface area is 125 Å². The van der Waals surface area contributed by atoms with E-state index in [4.69, 9.17) is 0 Å². The maximum absolute atomic E-state index is 11.5. The van der Waals surface area contributed by atoms with Crippen LogP contribution in [0, 0.1) is 5.92 Å². The lowest BCUT2D eigenvalue weighted by atomic mass is 9.98. The highest BCUT2D eigenvalue weighted by Crippen LogP contribution is 2.28. The number of carboxylic acids is 1. The van der Waals surface area contributed by atoms with E-state index in [9.17, 15) is 14.7 Å². The molecule has 2 rings (SSSR count). The Morgan fingerprint density at radius 3 is 2.81 bits per heavy atom. The summed E-state index contributed by atoms with van der Waals surface area (Å²) in [5.41, 5.74) is 1.52. The van der Waals surface area contributed by atoms with Gasteiger partial charge in [-0.1, -0.05) is 13.8 Å². The van der Waals surface area contributed by atoms with Gasteiger partial charge in [-0.15, -0.1) is 0 Å². The number of benzene rings is 1. The zero-order chi connectivity index (χ0) is 15.4. The number of piperidine rings is 1. The van der Waals surface area contributed by atoms with Crippen molar-refractivity contribution in [1.29, 1.82) is 0 Å². The molecule has 0 spiro atoms. The van der Waals surface area contributed by atoms with Gasteiger partial charge in [0.25, 0.3) is 0 Å². The highest BCUT2D eigenvalue weighted by Gasteiger charge is 2.21. The van der Waals surface area contributed by atoms with Crippen LogP contribution in [0.25, 0.3) is 0 Å². The van der Waals surface area contributed by atoms with Crippen LogP contribution >= 0.6 is 0 Å². The molecule has 0 aromatic heterocycles. The number of carbonyl (C=O) groups is 2. The summed E-state index contributed by atoms with van der Waals surface area (Å²) in [5.74, 6) is -0.513. The highest BCUT2D eigenvalue weighted by atomic mass is 16.4. The molecule has 5 heteroatoms. The molecular formula is C16H22N2O3. The maximum Gasteiger partial charge on any atom is 0.337 e. The van der Waals surface area contributed by atoms with E-state index in [1.807, 2.05) is 0 Å². The van der Waals surface area contributed by atoms with Crippen LogP contribution < -0.4 is 10.2 Å². The second-order valence-corrected chi connectivity index (χ2v) is 5.63. The summed E-state index contributed by atoms with van der Waals surface area (Å²) >= 11 is 0. The first kappa shape index (κ1) is 15.4. The molecule has 0 saturated carbocycles. The van der Waals surface area contributed by atoms with Crippen LogP contribution in [0.1, 0.15) is 43.5 Å². The van der Waals surface area contributed by atoms with Gasteiger partial charge in [0.15, 0.2) is 0 Å². The molecule has 1 heterocycles. The molecule has 2 N–H and O–H groups in total. The number of amides is 1. The third-order valence-electron chi connectivity index (χ3n) is 3.83. The van der Waals surface area contributed by atoms with Crippen LogP contribution in [-0.2, 0) is 4.79 Å². The number of aromatic carboxylic acids is 1. The minimum Gasteiger partial charge on any atom is -0.478 e. The van der Waals surface area contributed by atoms with Gasteiger partial charge in [-0.2, -0.15) is 0 Å². The van der Waals surface area contributed by atoms with Crippen molar-refractivity contribution in [2.24, 2.45) is 5.92 Å². The SMILES string of the molecule is CCC(=O)Nc1ccc(N2CCCC(C)C2)c(C(=O)O)c1. The maximum atomic E-state index is 11.5. The van der Waals surface area contributed by atoms with Crippen LogP contribution in [0.4, 0.5) is 11.4 Å². The first-order valence-corrected chi connectivity index (χ1v) is 7.43. The van der Waals surface area contributed by atoms with Crippen LogP contribution in [-0.4, -0.2) is 30.1 Å². The van der Waals surface area contributed by atoms with Crippen LogP contribution in [0.2, 0.25) is 0 Å². The Bertz CT molecular complexity index is 542. The summed E-state index contributed by atoms with van der Waals surface area (Å²) < 4.78 is 0. The Kier molecular flexibility index (Phi) is 4.83. The predicted octanol–water partition coefficient (Wildman–Crippen LogP) is 2.97.